The predicted molar refractivity (Wildman–Crippen MR) is 166 cm³/mol. The molecule has 7 nitrogen and oxygen atoms in total. The molecule has 2 aromatic heterocycles. The van der Waals surface area contributed by atoms with Crippen LogP contribution in [0, 0.1) is 13.8 Å². The Kier molecular flexibility index (Phi) is 7.60. The van der Waals surface area contributed by atoms with Crippen LogP contribution in [0.5, 0.6) is 0 Å². The van der Waals surface area contributed by atoms with Crippen molar-refractivity contribution in [2.24, 2.45) is 0 Å². The lowest BCUT2D eigenvalue weighted by molar-refractivity contribution is -0.117. The van der Waals surface area contributed by atoms with Gasteiger partial charge in [0.25, 0.3) is 5.91 Å². The van der Waals surface area contributed by atoms with E-state index in [4.69, 9.17) is 23.2 Å². The molecule has 0 aliphatic carbocycles. The number of halogens is 2. The van der Waals surface area contributed by atoms with Crippen LogP contribution in [0.1, 0.15) is 37.5 Å². The molecule has 1 atom stereocenters. The second kappa shape index (κ2) is 11.2. The highest BCUT2D eigenvalue weighted by Crippen LogP contribution is 2.48. The number of aromatic nitrogens is 3. The summed E-state index contributed by atoms with van der Waals surface area (Å²) in [7, 11) is 0. The Morgan fingerprint density at radius 1 is 1.00 bits per heavy atom. The molecule has 3 aromatic carbocycles. The smallest absolute Gasteiger partial charge is 0.296 e. The Bertz CT molecular complexity index is 1860. The van der Waals surface area contributed by atoms with Crippen molar-refractivity contribution in [3.05, 3.63) is 109 Å². The molecule has 0 fully saturated rings. The van der Waals surface area contributed by atoms with Gasteiger partial charge in [-0.1, -0.05) is 94.8 Å². The Morgan fingerprint density at radius 3 is 2.44 bits per heavy atom. The van der Waals surface area contributed by atoms with Crippen molar-refractivity contribution in [2.75, 3.05) is 4.90 Å². The van der Waals surface area contributed by atoms with Crippen molar-refractivity contribution in [3.8, 4) is 0 Å². The number of nitrogens with zero attached hydrogens (tertiary/aromatic N) is 4. The zero-order valence-electron chi connectivity index (χ0n) is 21.6. The Morgan fingerprint density at radius 2 is 1.71 bits per heavy atom. The molecule has 3 heterocycles. The number of aryl methyl sites for hydroxylation is 2. The summed E-state index contributed by atoms with van der Waals surface area (Å²) in [5.74, 6) is -1.34. The molecule has 1 aliphatic heterocycles. The fraction of sp³-hybridized carbons (Fsp3) is 0.138. The number of carbonyl (C=O) groups is 2. The molecular formula is C29H20Cl2N4O3S3. The average Bonchev–Trinajstić information content (AvgIpc) is 3.63. The number of thiazole rings is 1. The molecule has 206 valence electrons. The maximum absolute atomic E-state index is 13.8. The van der Waals surface area contributed by atoms with Gasteiger partial charge in [-0.25, -0.2) is 4.98 Å². The standard InChI is InChI=1S/C29H20Cl2N4O3S3/c1-14-26(40-15(2)32-14)24(36)22-23(21-19(30)11-6-12-20(21)31)35(27(38)25(22)37)28-33-34-29(41-28)39-13-17-9-5-8-16-7-3-4-10-18(16)17/h3-12,23,37H,13H2,1-2H3. The first kappa shape index (κ1) is 27.9. The normalized spacial score (nSPS) is 15.4. The highest BCUT2D eigenvalue weighted by atomic mass is 35.5. The van der Waals surface area contributed by atoms with Crippen LogP contribution in [0.25, 0.3) is 10.8 Å². The summed E-state index contributed by atoms with van der Waals surface area (Å²) in [5.41, 5.74) is 1.84. The summed E-state index contributed by atoms with van der Waals surface area (Å²) in [6.45, 7) is 3.50. The van der Waals surface area contributed by atoms with Crippen LogP contribution in [-0.4, -0.2) is 32.0 Å². The number of amides is 1. The largest absolute Gasteiger partial charge is 0.503 e. The number of anilines is 1. The number of hydrogen-bond donors (Lipinski definition) is 1. The van der Waals surface area contributed by atoms with Crippen LogP contribution in [0.4, 0.5) is 5.13 Å². The highest BCUT2D eigenvalue weighted by Gasteiger charge is 2.48. The van der Waals surface area contributed by atoms with Gasteiger partial charge in [-0.15, -0.1) is 21.5 Å². The first-order valence-corrected chi connectivity index (χ1v) is 15.7. The zero-order chi connectivity index (χ0) is 28.8. The number of carbonyl (C=O) groups excluding carboxylic acids is 2. The number of aliphatic hydroxyl groups is 1. The Labute approximate surface area is 257 Å². The lowest BCUT2D eigenvalue weighted by atomic mass is 9.95. The third kappa shape index (κ3) is 5.04. The quantitative estimate of drug-likeness (QED) is 0.109. The minimum Gasteiger partial charge on any atom is -0.503 e. The van der Waals surface area contributed by atoms with Gasteiger partial charge in [-0.3, -0.25) is 14.5 Å². The first-order chi connectivity index (χ1) is 19.7. The van der Waals surface area contributed by atoms with Gasteiger partial charge in [-0.05, 0) is 42.3 Å². The molecule has 12 heteroatoms. The fourth-order valence-electron chi connectivity index (χ4n) is 4.86. The molecule has 0 bridgehead atoms. The van der Waals surface area contributed by atoms with Crippen molar-refractivity contribution in [2.45, 2.75) is 30.0 Å². The maximum atomic E-state index is 13.8. The average molecular weight is 640 g/mol. The number of rotatable bonds is 7. The molecule has 1 unspecified atom stereocenters. The van der Waals surface area contributed by atoms with E-state index in [1.54, 1.807) is 32.0 Å². The van der Waals surface area contributed by atoms with Gasteiger partial charge in [0.15, 0.2) is 10.1 Å². The van der Waals surface area contributed by atoms with Crippen LogP contribution >= 0.6 is 57.6 Å². The molecule has 5 aromatic rings. The minimum atomic E-state index is -1.11. The summed E-state index contributed by atoms with van der Waals surface area (Å²) in [5, 5.41) is 23.4. The predicted octanol–water partition coefficient (Wildman–Crippen LogP) is 8.15. The van der Waals surface area contributed by atoms with Crippen LogP contribution < -0.4 is 4.90 Å². The lowest BCUT2D eigenvalue weighted by Crippen LogP contribution is -2.31. The SMILES string of the molecule is Cc1nc(C)c(C(=O)C2=C(O)C(=O)N(c3nnc(SCc4cccc5ccccc45)s3)C2c2c(Cl)cccc2Cl)s1. The Balaban J connectivity index is 1.38. The molecule has 0 radical (unpaired) electrons. The minimum absolute atomic E-state index is 0.128. The molecule has 41 heavy (non-hydrogen) atoms. The van der Waals surface area contributed by atoms with Crippen molar-refractivity contribution >= 4 is 85.2 Å². The van der Waals surface area contributed by atoms with Crippen LogP contribution in [-0.2, 0) is 10.5 Å². The van der Waals surface area contributed by atoms with E-state index < -0.39 is 23.5 Å². The summed E-state index contributed by atoms with van der Waals surface area (Å²) in [6.07, 6.45) is 0. The van der Waals surface area contributed by atoms with Gasteiger partial charge < -0.3 is 5.11 Å². The summed E-state index contributed by atoms with van der Waals surface area (Å²) in [4.78, 5) is 33.3. The lowest BCUT2D eigenvalue weighted by Gasteiger charge is -2.25. The number of aliphatic hydroxyl groups excluding tert-OH is 1. The number of hydrogen-bond acceptors (Lipinski definition) is 9. The van der Waals surface area contributed by atoms with E-state index in [0.717, 1.165) is 16.3 Å². The molecule has 0 saturated carbocycles. The first-order valence-electron chi connectivity index (χ1n) is 12.4. The number of Topliss-reactive ketones (excluding diaryl/α,β-unsaturated/α-hetero) is 1. The van der Waals surface area contributed by atoms with Gasteiger partial charge in [0.05, 0.1) is 21.2 Å². The molecule has 0 spiro atoms. The third-order valence-electron chi connectivity index (χ3n) is 6.67. The van der Waals surface area contributed by atoms with Crippen LogP contribution in [0.15, 0.2) is 76.3 Å². The molecule has 1 amide bonds. The number of thioether (sulfide) groups is 1. The third-order valence-corrected chi connectivity index (χ3v) is 10.5. The molecule has 1 aliphatic rings. The van der Waals surface area contributed by atoms with Crippen molar-refractivity contribution in [1.29, 1.82) is 0 Å². The van der Waals surface area contributed by atoms with Crippen molar-refractivity contribution in [3.63, 3.8) is 0 Å². The van der Waals surface area contributed by atoms with E-state index in [0.29, 0.717) is 31.2 Å². The van der Waals surface area contributed by atoms with E-state index in [1.807, 2.05) is 18.2 Å². The number of fused-ring (bicyclic) bond motifs is 1. The summed E-state index contributed by atoms with van der Waals surface area (Å²) < 4.78 is 0.623. The van der Waals surface area contributed by atoms with Gasteiger partial charge in [0.2, 0.25) is 10.9 Å². The fourth-order valence-corrected chi connectivity index (χ4v) is 8.21. The summed E-state index contributed by atoms with van der Waals surface area (Å²) in [6, 6.07) is 18.1. The topological polar surface area (TPSA) is 96.3 Å². The van der Waals surface area contributed by atoms with E-state index in [9.17, 15) is 14.7 Å². The second-order valence-electron chi connectivity index (χ2n) is 9.23. The van der Waals surface area contributed by atoms with E-state index in [-0.39, 0.29) is 20.7 Å². The van der Waals surface area contributed by atoms with Crippen molar-refractivity contribution in [1.82, 2.24) is 15.2 Å². The van der Waals surface area contributed by atoms with Crippen LogP contribution in [0.3, 0.4) is 0 Å². The van der Waals surface area contributed by atoms with E-state index in [1.165, 1.54) is 39.3 Å². The van der Waals surface area contributed by atoms with Crippen molar-refractivity contribution < 1.29 is 14.7 Å². The van der Waals surface area contributed by atoms with E-state index >= 15 is 0 Å². The molecule has 1 N–H and O–H groups in total. The number of ketones is 1. The molecular weight excluding hydrogens is 619 g/mol. The van der Waals surface area contributed by atoms with Gasteiger partial charge in [0.1, 0.15) is 6.04 Å². The monoisotopic (exact) mass is 638 g/mol. The summed E-state index contributed by atoms with van der Waals surface area (Å²) >= 11 is 17.1. The molecule has 0 saturated heterocycles. The number of benzene rings is 3. The van der Waals surface area contributed by atoms with E-state index in [2.05, 4.69) is 39.4 Å². The van der Waals surface area contributed by atoms with Gasteiger partial charge in [0, 0.05) is 21.4 Å². The maximum Gasteiger partial charge on any atom is 0.296 e. The Hall–Kier alpha value is -3.28. The van der Waals surface area contributed by atoms with Gasteiger partial charge in [-0.2, -0.15) is 0 Å². The second-order valence-corrected chi connectivity index (χ2v) is 13.4. The van der Waals surface area contributed by atoms with Crippen LogP contribution in [0.2, 0.25) is 10.0 Å². The van der Waals surface area contributed by atoms with Gasteiger partial charge >= 0.3 is 0 Å². The molecule has 6 rings (SSSR count). The highest BCUT2D eigenvalue weighted by molar-refractivity contribution is 8.00. The zero-order valence-corrected chi connectivity index (χ0v) is 25.6.